The second-order valence-electron chi connectivity index (χ2n) is 4.99. The van der Waals surface area contributed by atoms with Gasteiger partial charge < -0.3 is 15.4 Å². The van der Waals surface area contributed by atoms with E-state index in [1.165, 1.54) is 0 Å². The van der Waals surface area contributed by atoms with Crippen molar-refractivity contribution >= 4 is 11.6 Å². The number of hydrogen-bond donors (Lipinski definition) is 2. The van der Waals surface area contributed by atoms with Gasteiger partial charge >= 0.3 is 0 Å². The van der Waals surface area contributed by atoms with E-state index < -0.39 is 0 Å². The maximum Gasteiger partial charge on any atom is 0.228 e. The van der Waals surface area contributed by atoms with Crippen LogP contribution in [-0.4, -0.2) is 24.0 Å². The highest BCUT2D eigenvalue weighted by atomic mass is 16.5. The summed E-state index contributed by atoms with van der Waals surface area (Å²) in [6.45, 7) is 1.66. The lowest BCUT2D eigenvalue weighted by Crippen LogP contribution is -2.24. The zero-order valence-corrected chi connectivity index (χ0v) is 11.6. The van der Waals surface area contributed by atoms with Gasteiger partial charge in [0.2, 0.25) is 5.91 Å². The van der Waals surface area contributed by atoms with Crippen molar-refractivity contribution < 1.29 is 9.53 Å². The number of anilines is 1. The van der Waals surface area contributed by atoms with Gasteiger partial charge in [0, 0.05) is 30.7 Å². The Labute approximate surface area is 123 Å². The molecule has 1 aliphatic rings. The molecule has 1 amide bonds. The normalized spacial score (nSPS) is 17.4. The maximum absolute atomic E-state index is 12.1. The molecule has 1 aromatic heterocycles. The molecule has 2 N–H and O–H groups in total. The molecule has 0 bridgehead atoms. The Hall–Kier alpha value is -2.40. The van der Waals surface area contributed by atoms with E-state index in [0.717, 1.165) is 25.2 Å². The predicted octanol–water partition coefficient (Wildman–Crippen LogP) is 2.42. The van der Waals surface area contributed by atoms with Crippen LogP contribution in [0, 0.1) is 5.92 Å². The molecule has 21 heavy (non-hydrogen) atoms. The van der Waals surface area contributed by atoms with Crippen molar-refractivity contribution in [2.75, 3.05) is 18.4 Å². The van der Waals surface area contributed by atoms with Gasteiger partial charge in [0.25, 0.3) is 0 Å². The zero-order valence-electron chi connectivity index (χ0n) is 11.6. The Morgan fingerprint density at radius 3 is 2.86 bits per heavy atom. The van der Waals surface area contributed by atoms with E-state index in [9.17, 15) is 4.79 Å². The summed E-state index contributed by atoms with van der Waals surface area (Å²) < 4.78 is 5.72. The summed E-state index contributed by atoms with van der Waals surface area (Å²) in [5.74, 6) is 1.51. The van der Waals surface area contributed by atoms with Crippen LogP contribution in [0.4, 0.5) is 5.69 Å². The van der Waals surface area contributed by atoms with E-state index in [2.05, 4.69) is 15.6 Å². The van der Waals surface area contributed by atoms with Gasteiger partial charge in [-0.2, -0.15) is 0 Å². The molecule has 0 radical (unpaired) electrons. The Bertz CT molecular complexity index is 610. The van der Waals surface area contributed by atoms with Crippen LogP contribution in [0.2, 0.25) is 0 Å². The molecule has 5 heteroatoms. The van der Waals surface area contributed by atoms with Crippen molar-refractivity contribution in [3.8, 4) is 11.5 Å². The standard InChI is InChI=1S/C16H17N3O2/c20-16(12-4-7-18-11-12)19-13-2-1-3-15(10-13)21-14-5-8-17-9-6-14/h1-3,5-6,8-10,12,18H,4,7,11H2,(H,19,20). The monoisotopic (exact) mass is 283 g/mol. The molecule has 2 heterocycles. The summed E-state index contributed by atoms with van der Waals surface area (Å²) in [5.41, 5.74) is 0.749. The number of carbonyl (C=O) groups is 1. The fourth-order valence-electron chi connectivity index (χ4n) is 2.30. The van der Waals surface area contributed by atoms with E-state index in [0.29, 0.717) is 11.5 Å². The average Bonchev–Trinajstić information content (AvgIpc) is 3.03. The Balaban J connectivity index is 1.66. The minimum Gasteiger partial charge on any atom is -0.457 e. The maximum atomic E-state index is 12.1. The Morgan fingerprint density at radius 2 is 2.10 bits per heavy atom. The van der Waals surface area contributed by atoms with E-state index in [4.69, 9.17) is 4.74 Å². The fourth-order valence-corrected chi connectivity index (χ4v) is 2.30. The summed E-state index contributed by atoms with van der Waals surface area (Å²) >= 11 is 0. The molecule has 0 aliphatic carbocycles. The van der Waals surface area contributed by atoms with E-state index in [-0.39, 0.29) is 11.8 Å². The molecular weight excluding hydrogens is 266 g/mol. The first kappa shape index (κ1) is 13.6. The number of pyridine rings is 1. The van der Waals surface area contributed by atoms with Crippen LogP contribution in [0.15, 0.2) is 48.8 Å². The summed E-state index contributed by atoms with van der Waals surface area (Å²) in [5, 5.41) is 6.13. The first-order valence-electron chi connectivity index (χ1n) is 7.01. The predicted molar refractivity (Wildman–Crippen MR) is 80.4 cm³/mol. The number of aromatic nitrogens is 1. The van der Waals surface area contributed by atoms with Crippen molar-refractivity contribution in [1.29, 1.82) is 0 Å². The zero-order chi connectivity index (χ0) is 14.5. The van der Waals surface area contributed by atoms with Gasteiger partial charge in [0.1, 0.15) is 11.5 Å². The van der Waals surface area contributed by atoms with Gasteiger partial charge in [-0.3, -0.25) is 9.78 Å². The second kappa shape index (κ2) is 6.37. The molecule has 5 nitrogen and oxygen atoms in total. The lowest BCUT2D eigenvalue weighted by atomic mass is 10.1. The van der Waals surface area contributed by atoms with Gasteiger partial charge in [-0.15, -0.1) is 0 Å². The molecule has 1 saturated heterocycles. The number of nitrogens with one attached hydrogen (secondary N) is 2. The number of nitrogens with zero attached hydrogens (tertiary/aromatic N) is 1. The average molecular weight is 283 g/mol. The highest BCUT2D eigenvalue weighted by molar-refractivity contribution is 5.93. The molecule has 0 saturated carbocycles. The fraction of sp³-hybridized carbons (Fsp3) is 0.250. The SMILES string of the molecule is O=C(Nc1cccc(Oc2ccncc2)c1)C1CCNC1. The van der Waals surface area contributed by atoms with E-state index in [1.807, 2.05) is 24.3 Å². The highest BCUT2D eigenvalue weighted by Gasteiger charge is 2.22. The number of benzene rings is 1. The minimum atomic E-state index is 0.0507. The first-order chi connectivity index (χ1) is 10.3. The third-order valence-corrected chi connectivity index (χ3v) is 3.42. The van der Waals surface area contributed by atoms with Crippen molar-refractivity contribution in [3.63, 3.8) is 0 Å². The van der Waals surface area contributed by atoms with Crippen molar-refractivity contribution in [2.45, 2.75) is 6.42 Å². The topological polar surface area (TPSA) is 63.2 Å². The molecule has 0 spiro atoms. The van der Waals surface area contributed by atoms with E-state index in [1.54, 1.807) is 24.5 Å². The van der Waals surface area contributed by atoms with Crippen LogP contribution >= 0.6 is 0 Å². The Morgan fingerprint density at radius 1 is 1.24 bits per heavy atom. The van der Waals surface area contributed by atoms with Crippen LogP contribution in [0.1, 0.15) is 6.42 Å². The molecule has 1 atom stereocenters. The lowest BCUT2D eigenvalue weighted by Gasteiger charge is -2.11. The van der Waals surface area contributed by atoms with E-state index >= 15 is 0 Å². The molecule has 1 unspecified atom stereocenters. The van der Waals surface area contributed by atoms with Crippen LogP contribution in [0.3, 0.4) is 0 Å². The van der Waals surface area contributed by atoms with Gasteiger partial charge in [0.15, 0.2) is 0 Å². The van der Waals surface area contributed by atoms with Crippen LogP contribution < -0.4 is 15.4 Å². The number of carbonyl (C=O) groups excluding carboxylic acids is 1. The van der Waals surface area contributed by atoms with Gasteiger partial charge in [0.05, 0.1) is 5.92 Å². The van der Waals surface area contributed by atoms with Crippen LogP contribution in [0.25, 0.3) is 0 Å². The first-order valence-corrected chi connectivity index (χ1v) is 7.01. The van der Waals surface area contributed by atoms with Crippen molar-refractivity contribution in [2.24, 2.45) is 5.92 Å². The molecule has 108 valence electrons. The molecule has 2 aromatic rings. The smallest absolute Gasteiger partial charge is 0.228 e. The van der Waals surface area contributed by atoms with Gasteiger partial charge in [-0.1, -0.05) is 6.07 Å². The Kier molecular flexibility index (Phi) is 4.12. The number of hydrogen-bond acceptors (Lipinski definition) is 4. The minimum absolute atomic E-state index is 0.0507. The number of ether oxygens (including phenoxy) is 1. The summed E-state index contributed by atoms with van der Waals surface area (Å²) in [6, 6.07) is 11.0. The quantitative estimate of drug-likeness (QED) is 0.904. The summed E-state index contributed by atoms with van der Waals surface area (Å²) in [4.78, 5) is 16.0. The highest BCUT2D eigenvalue weighted by Crippen LogP contribution is 2.24. The van der Waals surface area contributed by atoms with Crippen LogP contribution in [-0.2, 0) is 4.79 Å². The number of rotatable bonds is 4. The molecule has 1 aliphatic heterocycles. The molecule has 1 fully saturated rings. The lowest BCUT2D eigenvalue weighted by molar-refractivity contribution is -0.119. The van der Waals surface area contributed by atoms with Crippen LogP contribution in [0.5, 0.6) is 11.5 Å². The van der Waals surface area contributed by atoms with Crippen molar-refractivity contribution in [1.82, 2.24) is 10.3 Å². The second-order valence-corrected chi connectivity index (χ2v) is 4.99. The molecular formula is C16H17N3O2. The summed E-state index contributed by atoms with van der Waals surface area (Å²) in [6.07, 6.45) is 4.24. The van der Waals surface area contributed by atoms with Gasteiger partial charge in [-0.05, 0) is 37.2 Å². The summed E-state index contributed by atoms with van der Waals surface area (Å²) in [7, 11) is 0. The third-order valence-electron chi connectivity index (χ3n) is 3.42. The van der Waals surface area contributed by atoms with Gasteiger partial charge in [-0.25, -0.2) is 0 Å². The molecule has 3 rings (SSSR count). The third kappa shape index (κ3) is 3.58. The number of amides is 1. The van der Waals surface area contributed by atoms with Crippen molar-refractivity contribution in [3.05, 3.63) is 48.8 Å². The molecule has 1 aromatic carbocycles. The largest absolute Gasteiger partial charge is 0.457 e.